The van der Waals surface area contributed by atoms with Crippen molar-refractivity contribution in [2.24, 2.45) is 0 Å². The van der Waals surface area contributed by atoms with Crippen LogP contribution >= 0.6 is 0 Å². The van der Waals surface area contributed by atoms with E-state index in [2.05, 4.69) is 5.32 Å². The number of carbonyl (C=O) groups is 1. The highest BCUT2D eigenvalue weighted by Gasteiger charge is 2.15. The lowest BCUT2D eigenvalue weighted by Gasteiger charge is -2.17. The van der Waals surface area contributed by atoms with Gasteiger partial charge in [-0.15, -0.1) is 0 Å². The molecule has 2 aromatic carbocycles. The first-order valence-corrected chi connectivity index (χ1v) is 8.55. The van der Waals surface area contributed by atoms with Gasteiger partial charge in [-0.2, -0.15) is 0 Å². The Balaban J connectivity index is 1.94. The van der Waals surface area contributed by atoms with Crippen LogP contribution in [0.2, 0.25) is 0 Å². The molecule has 0 aliphatic carbocycles. The minimum absolute atomic E-state index is 0.00414. The lowest BCUT2D eigenvalue weighted by atomic mass is 10.2. The molecule has 8 nitrogen and oxygen atoms in total. The van der Waals surface area contributed by atoms with Gasteiger partial charge in [-0.3, -0.25) is 4.79 Å². The Morgan fingerprint density at radius 1 is 0.964 bits per heavy atom. The Kier molecular flexibility index (Phi) is 7.76. The number of methoxy groups -OCH3 is 4. The maximum atomic E-state index is 12.3. The molecule has 0 fully saturated rings. The Morgan fingerprint density at radius 2 is 1.54 bits per heavy atom. The predicted octanol–water partition coefficient (Wildman–Crippen LogP) is 1.89. The lowest BCUT2D eigenvalue weighted by molar-refractivity contribution is 0.0833. The van der Waals surface area contributed by atoms with Crippen molar-refractivity contribution in [1.29, 1.82) is 0 Å². The van der Waals surface area contributed by atoms with E-state index in [4.69, 9.17) is 23.7 Å². The molecule has 0 saturated heterocycles. The Morgan fingerprint density at radius 3 is 2.04 bits per heavy atom. The molecular formula is C20H25NO7. The summed E-state index contributed by atoms with van der Waals surface area (Å²) in [6.45, 7) is -0.0612. The summed E-state index contributed by atoms with van der Waals surface area (Å²) in [5.41, 5.74) is 0.357. The molecule has 1 amide bonds. The Labute approximate surface area is 163 Å². The van der Waals surface area contributed by atoms with Crippen LogP contribution in [0.25, 0.3) is 0 Å². The minimum Gasteiger partial charge on any atom is -0.497 e. The third-order valence-corrected chi connectivity index (χ3v) is 3.91. The van der Waals surface area contributed by atoms with Crippen molar-refractivity contribution < 1.29 is 33.6 Å². The number of ether oxygens (including phenoxy) is 5. The van der Waals surface area contributed by atoms with E-state index >= 15 is 0 Å². The average molecular weight is 391 g/mol. The van der Waals surface area contributed by atoms with E-state index in [9.17, 15) is 9.90 Å². The molecule has 0 aliphatic rings. The van der Waals surface area contributed by atoms with Gasteiger partial charge in [0.25, 0.3) is 5.91 Å². The first-order chi connectivity index (χ1) is 13.5. The number of hydrogen-bond acceptors (Lipinski definition) is 7. The van der Waals surface area contributed by atoms with Crippen molar-refractivity contribution in [2.75, 3.05) is 41.6 Å². The molecule has 0 bridgehead atoms. The molecule has 2 rings (SSSR count). The van der Waals surface area contributed by atoms with Crippen LogP contribution in [0.1, 0.15) is 10.4 Å². The molecule has 2 aromatic rings. The number of aliphatic hydroxyl groups excluding tert-OH is 1. The zero-order valence-corrected chi connectivity index (χ0v) is 16.4. The second-order valence-corrected chi connectivity index (χ2v) is 5.77. The molecule has 0 saturated carbocycles. The van der Waals surface area contributed by atoms with Gasteiger partial charge in [-0.05, 0) is 24.3 Å². The van der Waals surface area contributed by atoms with Gasteiger partial charge < -0.3 is 34.1 Å². The maximum absolute atomic E-state index is 12.3. The van der Waals surface area contributed by atoms with Gasteiger partial charge in [-0.1, -0.05) is 6.07 Å². The SMILES string of the molecule is COc1cc(OC)cc(C(=O)NCC(O)COc2c(OC)cccc2OC)c1. The number of amides is 1. The van der Waals surface area contributed by atoms with Crippen molar-refractivity contribution >= 4 is 5.91 Å². The molecule has 0 spiro atoms. The summed E-state index contributed by atoms with van der Waals surface area (Å²) in [5, 5.41) is 12.8. The molecule has 2 N–H and O–H groups in total. The van der Waals surface area contributed by atoms with Crippen molar-refractivity contribution in [2.45, 2.75) is 6.10 Å². The Bertz CT molecular complexity index is 750. The largest absolute Gasteiger partial charge is 0.497 e. The molecule has 0 heterocycles. The standard InChI is InChI=1S/C20H25NO7/c1-24-15-8-13(9-16(10-15)25-2)20(23)21-11-14(22)12-28-19-17(26-3)6-5-7-18(19)27-4/h5-10,14,22H,11-12H2,1-4H3,(H,21,23). The van der Waals surface area contributed by atoms with E-state index in [1.54, 1.807) is 36.4 Å². The first-order valence-electron chi connectivity index (χ1n) is 8.55. The fraction of sp³-hybridized carbons (Fsp3) is 0.350. The van der Waals surface area contributed by atoms with Crippen LogP contribution in [-0.4, -0.2) is 58.7 Å². The molecule has 0 aromatic heterocycles. The third-order valence-electron chi connectivity index (χ3n) is 3.91. The van der Waals surface area contributed by atoms with Crippen molar-refractivity contribution in [3.63, 3.8) is 0 Å². The van der Waals surface area contributed by atoms with Crippen LogP contribution < -0.4 is 29.0 Å². The van der Waals surface area contributed by atoms with Crippen molar-refractivity contribution in [1.82, 2.24) is 5.32 Å². The van der Waals surface area contributed by atoms with E-state index in [-0.39, 0.29) is 19.1 Å². The van der Waals surface area contributed by atoms with Crippen LogP contribution in [0.5, 0.6) is 28.7 Å². The average Bonchev–Trinajstić information content (AvgIpc) is 2.74. The number of nitrogens with one attached hydrogen (secondary N) is 1. The van der Waals surface area contributed by atoms with Gasteiger partial charge in [0, 0.05) is 18.2 Å². The highest BCUT2D eigenvalue weighted by Crippen LogP contribution is 2.36. The highest BCUT2D eigenvalue weighted by molar-refractivity contribution is 5.95. The summed E-state index contributed by atoms with van der Waals surface area (Å²) in [7, 11) is 6.04. The number of benzene rings is 2. The molecule has 0 aliphatic heterocycles. The first kappa shape index (κ1) is 21.2. The fourth-order valence-electron chi connectivity index (χ4n) is 2.45. The van der Waals surface area contributed by atoms with E-state index in [0.29, 0.717) is 34.3 Å². The van der Waals surface area contributed by atoms with Crippen molar-refractivity contribution in [3.05, 3.63) is 42.0 Å². The second kappa shape index (κ2) is 10.3. The molecule has 152 valence electrons. The molecule has 1 unspecified atom stereocenters. The minimum atomic E-state index is -0.939. The van der Waals surface area contributed by atoms with Gasteiger partial charge in [0.05, 0.1) is 28.4 Å². The third kappa shape index (κ3) is 5.43. The molecule has 0 radical (unpaired) electrons. The second-order valence-electron chi connectivity index (χ2n) is 5.77. The number of rotatable bonds is 10. The van der Waals surface area contributed by atoms with Crippen LogP contribution in [0.4, 0.5) is 0 Å². The summed E-state index contributed by atoms with van der Waals surface area (Å²) in [6, 6.07) is 10.1. The maximum Gasteiger partial charge on any atom is 0.251 e. The van der Waals surface area contributed by atoms with Crippen LogP contribution in [0.3, 0.4) is 0 Å². The summed E-state index contributed by atoms with van der Waals surface area (Å²) in [5.74, 6) is 1.98. The van der Waals surface area contributed by atoms with Crippen LogP contribution in [-0.2, 0) is 0 Å². The van der Waals surface area contributed by atoms with Gasteiger partial charge in [-0.25, -0.2) is 0 Å². The van der Waals surface area contributed by atoms with E-state index < -0.39 is 6.10 Å². The van der Waals surface area contributed by atoms with E-state index in [1.165, 1.54) is 28.4 Å². The predicted molar refractivity (Wildman–Crippen MR) is 103 cm³/mol. The van der Waals surface area contributed by atoms with E-state index in [1.807, 2.05) is 0 Å². The van der Waals surface area contributed by atoms with Gasteiger partial charge in [0.1, 0.15) is 24.2 Å². The quantitative estimate of drug-likeness (QED) is 0.639. The van der Waals surface area contributed by atoms with Crippen molar-refractivity contribution in [3.8, 4) is 28.7 Å². The number of carbonyl (C=O) groups excluding carboxylic acids is 1. The summed E-state index contributed by atoms with van der Waals surface area (Å²) >= 11 is 0. The molecular weight excluding hydrogens is 366 g/mol. The monoisotopic (exact) mass is 391 g/mol. The molecule has 28 heavy (non-hydrogen) atoms. The highest BCUT2D eigenvalue weighted by atomic mass is 16.5. The van der Waals surface area contributed by atoms with Crippen LogP contribution in [0.15, 0.2) is 36.4 Å². The molecule has 8 heteroatoms. The molecule has 1 atom stereocenters. The number of aliphatic hydroxyl groups is 1. The topological polar surface area (TPSA) is 95.5 Å². The summed E-state index contributed by atoms with van der Waals surface area (Å²) < 4.78 is 26.4. The zero-order chi connectivity index (χ0) is 20.5. The zero-order valence-electron chi connectivity index (χ0n) is 16.4. The fourth-order valence-corrected chi connectivity index (χ4v) is 2.45. The van der Waals surface area contributed by atoms with Gasteiger partial charge in [0.15, 0.2) is 11.5 Å². The number of para-hydroxylation sites is 1. The van der Waals surface area contributed by atoms with E-state index in [0.717, 1.165) is 0 Å². The smallest absolute Gasteiger partial charge is 0.251 e. The summed E-state index contributed by atoms with van der Waals surface area (Å²) in [6.07, 6.45) is -0.939. The normalized spacial score (nSPS) is 11.3. The van der Waals surface area contributed by atoms with Crippen LogP contribution in [0, 0.1) is 0 Å². The lowest BCUT2D eigenvalue weighted by Crippen LogP contribution is -2.35. The van der Waals surface area contributed by atoms with Gasteiger partial charge >= 0.3 is 0 Å². The van der Waals surface area contributed by atoms with Gasteiger partial charge in [0.2, 0.25) is 5.75 Å². The number of hydrogen-bond donors (Lipinski definition) is 2. The Hall–Kier alpha value is -3.13. The summed E-state index contributed by atoms with van der Waals surface area (Å²) in [4.78, 5) is 12.3.